The van der Waals surface area contributed by atoms with E-state index in [1.54, 1.807) is 13.1 Å². The standard InChI is InChI=1S/C19H25N5O5/c1-4-28-19(26)10-23-9-14(20-22-23)12-29-21-16-6-5-7-17-15(16)8-13(2)24(17)11-18(25)27-3/h8-9H,4-7,10-12H2,1-3H3/b21-16+. The first-order valence-corrected chi connectivity index (χ1v) is 9.51. The average Bonchev–Trinajstić information content (AvgIpc) is 3.26. The largest absolute Gasteiger partial charge is 0.468 e. The Morgan fingerprint density at radius 2 is 2.07 bits per heavy atom. The Morgan fingerprint density at radius 1 is 1.24 bits per heavy atom. The molecule has 0 bridgehead atoms. The summed E-state index contributed by atoms with van der Waals surface area (Å²) in [5.41, 5.74) is 4.47. The lowest BCUT2D eigenvalue weighted by Gasteiger charge is -2.17. The molecule has 0 spiro atoms. The van der Waals surface area contributed by atoms with Crippen molar-refractivity contribution in [1.82, 2.24) is 19.6 Å². The second kappa shape index (κ2) is 9.35. The normalized spacial score (nSPS) is 14.5. The number of methoxy groups -OCH3 is 1. The third-order valence-corrected chi connectivity index (χ3v) is 4.64. The number of hydrogen-bond donors (Lipinski definition) is 0. The van der Waals surface area contributed by atoms with Gasteiger partial charge in [-0.25, -0.2) is 4.68 Å². The lowest BCUT2D eigenvalue weighted by Crippen LogP contribution is -2.19. The molecule has 0 aromatic carbocycles. The molecule has 3 rings (SSSR count). The molecule has 2 aromatic heterocycles. The Kier molecular flexibility index (Phi) is 6.63. The van der Waals surface area contributed by atoms with Crippen LogP contribution in [0.5, 0.6) is 0 Å². The summed E-state index contributed by atoms with van der Waals surface area (Å²) in [4.78, 5) is 28.7. The maximum absolute atomic E-state index is 11.7. The van der Waals surface area contributed by atoms with E-state index in [9.17, 15) is 9.59 Å². The van der Waals surface area contributed by atoms with Crippen LogP contribution >= 0.6 is 0 Å². The fourth-order valence-corrected chi connectivity index (χ4v) is 3.31. The first-order chi connectivity index (χ1) is 14.0. The van der Waals surface area contributed by atoms with Crippen LogP contribution in [0.2, 0.25) is 0 Å². The van der Waals surface area contributed by atoms with Gasteiger partial charge in [0.25, 0.3) is 0 Å². The maximum atomic E-state index is 11.7. The van der Waals surface area contributed by atoms with Crippen molar-refractivity contribution in [1.29, 1.82) is 0 Å². The van der Waals surface area contributed by atoms with Gasteiger partial charge in [-0.3, -0.25) is 9.59 Å². The molecular weight excluding hydrogens is 378 g/mol. The van der Waals surface area contributed by atoms with Crippen molar-refractivity contribution >= 4 is 17.7 Å². The molecule has 156 valence electrons. The monoisotopic (exact) mass is 403 g/mol. The number of fused-ring (bicyclic) bond motifs is 1. The van der Waals surface area contributed by atoms with Gasteiger partial charge in [0.1, 0.15) is 18.8 Å². The summed E-state index contributed by atoms with van der Waals surface area (Å²) in [5.74, 6) is -0.649. The highest BCUT2D eigenvalue weighted by molar-refractivity contribution is 6.02. The maximum Gasteiger partial charge on any atom is 0.327 e. The van der Waals surface area contributed by atoms with Crippen molar-refractivity contribution in [2.45, 2.75) is 52.8 Å². The molecule has 1 aliphatic rings. The molecule has 1 aliphatic carbocycles. The lowest BCUT2D eigenvalue weighted by atomic mass is 9.96. The topological polar surface area (TPSA) is 110 Å². The molecule has 0 saturated carbocycles. The Hall–Kier alpha value is -3.17. The predicted octanol–water partition coefficient (Wildman–Crippen LogP) is 1.38. The van der Waals surface area contributed by atoms with Crippen molar-refractivity contribution in [2.75, 3.05) is 13.7 Å². The molecule has 2 aromatic rings. The fraction of sp³-hybridized carbons (Fsp3) is 0.526. The van der Waals surface area contributed by atoms with Crippen LogP contribution in [0.25, 0.3) is 0 Å². The molecule has 0 unspecified atom stereocenters. The van der Waals surface area contributed by atoms with E-state index in [4.69, 9.17) is 14.3 Å². The Balaban J connectivity index is 1.64. The van der Waals surface area contributed by atoms with Gasteiger partial charge in [-0.1, -0.05) is 10.4 Å². The van der Waals surface area contributed by atoms with Gasteiger partial charge in [0, 0.05) is 17.0 Å². The van der Waals surface area contributed by atoms with Crippen molar-refractivity contribution < 1.29 is 23.9 Å². The molecule has 29 heavy (non-hydrogen) atoms. The van der Waals surface area contributed by atoms with Gasteiger partial charge in [0.05, 0.1) is 25.6 Å². The molecule has 2 heterocycles. The first kappa shape index (κ1) is 20.6. The smallest absolute Gasteiger partial charge is 0.327 e. The van der Waals surface area contributed by atoms with Crippen LogP contribution in [-0.2, 0) is 50.0 Å². The highest BCUT2D eigenvalue weighted by atomic mass is 16.6. The summed E-state index contributed by atoms with van der Waals surface area (Å²) in [6.07, 6.45) is 4.22. The number of nitrogens with zero attached hydrogens (tertiary/aromatic N) is 5. The van der Waals surface area contributed by atoms with Crippen LogP contribution < -0.4 is 0 Å². The molecule has 10 heteroatoms. The van der Waals surface area contributed by atoms with Gasteiger partial charge >= 0.3 is 11.9 Å². The molecular formula is C19H25N5O5. The summed E-state index contributed by atoms with van der Waals surface area (Å²) in [7, 11) is 1.39. The summed E-state index contributed by atoms with van der Waals surface area (Å²) in [5, 5.41) is 12.1. The fourth-order valence-electron chi connectivity index (χ4n) is 3.31. The molecule has 0 radical (unpaired) electrons. The van der Waals surface area contributed by atoms with E-state index in [-0.39, 0.29) is 31.6 Å². The first-order valence-electron chi connectivity index (χ1n) is 9.51. The molecule has 0 atom stereocenters. The van der Waals surface area contributed by atoms with E-state index in [1.807, 2.05) is 17.6 Å². The van der Waals surface area contributed by atoms with E-state index in [0.29, 0.717) is 12.3 Å². The van der Waals surface area contributed by atoms with Crippen LogP contribution in [0.4, 0.5) is 0 Å². The molecule has 0 fully saturated rings. The molecule has 0 amide bonds. The van der Waals surface area contributed by atoms with E-state index in [0.717, 1.165) is 41.9 Å². The molecule has 0 aliphatic heterocycles. The van der Waals surface area contributed by atoms with Crippen LogP contribution in [0.1, 0.15) is 42.4 Å². The summed E-state index contributed by atoms with van der Waals surface area (Å²) >= 11 is 0. The molecule has 0 saturated heterocycles. The van der Waals surface area contributed by atoms with Crippen LogP contribution in [-0.4, -0.2) is 50.9 Å². The Bertz CT molecular complexity index is 914. The Labute approximate surface area is 168 Å². The van der Waals surface area contributed by atoms with Gasteiger partial charge in [-0.2, -0.15) is 0 Å². The third kappa shape index (κ3) is 5.01. The average molecular weight is 403 g/mol. The van der Waals surface area contributed by atoms with E-state index < -0.39 is 0 Å². The minimum Gasteiger partial charge on any atom is -0.468 e. The number of aromatic nitrogens is 4. The Morgan fingerprint density at radius 3 is 2.83 bits per heavy atom. The van der Waals surface area contributed by atoms with Gasteiger partial charge in [0.15, 0.2) is 6.61 Å². The summed E-state index contributed by atoms with van der Waals surface area (Å²) in [6.45, 7) is 4.37. The number of rotatable bonds is 8. The van der Waals surface area contributed by atoms with Crippen LogP contribution in [0.3, 0.4) is 0 Å². The second-order valence-electron chi connectivity index (χ2n) is 6.69. The number of hydrogen-bond acceptors (Lipinski definition) is 8. The van der Waals surface area contributed by atoms with E-state index >= 15 is 0 Å². The molecule has 10 nitrogen and oxygen atoms in total. The third-order valence-electron chi connectivity index (χ3n) is 4.64. The zero-order valence-electron chi connectivity index (χ0n) is 16.9. The predicted molar refractivity (Wildman–Crippen MR) is 102 cm³/mol. The molecule has 0 N–H and O–H groups in total. The van der Waals surface area contributed by atoms with Crippen LogP contribution in [0.15, 0.2) is 17.4 Å². The highest BCUT2D eigenvalue weighted by Gasteiger charge is 2.23. The van der Waals surface area contributed by atoms with Gasteiger partial charge in [-0.05, 0) is 39.2 Å². The van der Waals surface area contributed by atoms with Gasteiger partial charge < -0.3 is 18.9 Å². The number of carbonyl (C=O) groups excluding carboxylic acids is 2. The van der Waals surface area contributed by atoms with Crippen molar-refractivity contribution in [3.05, 3.63) is 34.9 Å². The van der Waals surface area contributed by atoms with Crippen molar-refractivity contribution in [3.63, 3.8) is 0 Å². The van der Waals surface area contributed by atoms with Crippen molar-refractivity contribution in [3.8, 4) is 0 Å². The van der Waals surface area contributed by atoms with Crippen LogP contribution in [0, 0.1) is 6.92 Å². The number of ether oxygens (including phenoxy) is 2. The number of esters is 2. The SMILES string of the molecule is CCOC(=O)Cn1cc(CO/N=C2\CCCc3c2cc(C)n3CC(=O)OC)nn1. The highest BCUT2D eigenvalue weighted by Crippen LogP contribution is 2.26. The number of carbonyl (C=O) groups is 2. The zero-order chi connectivity index (χ0) is 20.8. The number of oxime groups is 1. The van der Waals surface area contributed by atoms with E-state index in [1.165, 1.54) is 11.8 Å². The summed E-state index contributed by atoms with van der Waals surface area (Å²) < 4.78 is 13.0. The minimum atomic E-state index is -0.369. The second-order valence-corrected chi connectivity index (χ2v) is 6.69. The van der Waals surface area contributed by atoms with Crippen molar-refractivity contribution in [2.24, 2.45) is 5.16 Å². The lowest BCUT2D eigenvalue weighted by molar-refractivity contribution is -0.144. The quantitative estimate of drug-likeness (QED) is 0.484. The summed E-state index contributed by atoms with van der Waals surface area (Å²) in [6, 6.07) is 2.02. The van der Waals surface area contributed by atoms with Gasteiger partial charge in [-0.15, -0.1) is 5.10 Å². The minimum absolute atomic E-state index is 0.00566. The van der Waals surface area contributed by atoms with E-state index in [2.05, 4.69) is 15.5 Å². The zero-order valence-corrected chi connectivity index (χ0v) is 16.9. The van der Waals surface area contributed by atoms with Gasteiger partial charge in [0.2, 0.25) is 0 Å². The number of aryl methyl sites for hydroxylation is 1.